The summed E-state index contributed by atoms with van der Waals surface area (Å²) in [5.41, 5.74) is 0.799. The van der Waals surface area contributed by atoms with E-state index in [9.17, 15) is 4.79 Å². The molecule has 0 aliphatic carbocycles. The average Bonchev–Trinajstić information content (AvgIpc) is 2.27. The molecule has 0 aliphatic rings. The van der Waals surface area contributed by atoms with E-state index in [4.69, 9.17) is 23.2 Å². The lowest BCUT2D eigenvalue weighted by Gasteiger charge is -2.24. The largest absolute Gasteiger partial charge is 0.294 e. The second-order valence-corrected chi connectivity index (χ2v) is 6.68. The summed E-state index contributed by atoms with van der Waals surface area (Å²) in [6.07, 6.45) is 1.72. The fraction of sp³-hybridized carbons (Fsp3) is 0.533. The lowest BCUT2D eigenvalue weighted by Crippen LogP contribution is -2.20. The quantitative estimate of drug-likeness (QED) is 0.655. The minimum absolute atomic E-state index is 0.0437. The van der Waals surface area contributed by atoms with Crippen LogP contribution in [0.1, 0.15) is 50.9 Å². The van der Waals surface area contributed by atoms with Gasteiger partial charge < -0.3 is 0 Å². The molecule has 0 radical (unpaired) electrons. The maximum Gasteiger partial charge on any atom is 0.166 e. The van der Waals surface area contributed by atoms with Gasteiger partial charge in [0.25, 0.3) is 0 Å². The number of hydrogen-bond donors (Lipinski definition) is 0. The standard InChI is InChI=1S/C15H20Cl2O/c1-5-10(9-15(2,3)4)14(18)11-6-7-12(16)13(17)8-11/h6-8,10H,5,9H2,1-4H3. The van der Waals surface area contributed by atoms with E-state index in [1.165, 1.54) is 0 Å². The molecule has 1 aromatic rings. The molecule has 1 aromatic carbocycles. The van der Waals surface area contributed by atoms with E-state index in [2.05, 4.69) is 20.8 Å². The first-order chi connectivity index (χ1) is 8.24. The number of ketones is 1. The summed E-state index contributed by atoms with van der Waals surface area (Å²) in [6, 6.07) is 5.10. The molecule has 1 rings (SSSR count). The summed E-state index contributed by atoms with van der Waals surface area (Å²) < 4.78 is 0. The van der Waals surface area contributed by atoms with Gasteiger partial charge in [-0.3, -0.25) is 4.79 Å². The minimum Gasteiger partial charge on any atom is -0.294 e. The van der Waals surface area contributed by atoms with Crippen molar-refractivity contribution in [2.45, 2.75) is 40.5 Å². The first-order valence-electron chi connectivity index (χ1n) is 6.24. The van der Waals surface area contributed by atoms with E-state index in [0.717, 1.165) is 12.8 Å². The van der Waals surface area contributed by atoms with E-state index in [0.29, 0.717) is 15.6 Å². The topological polar surface area (TPSA) is 17.1 Å². The van der Waals surface area contributed by atoms with Crippen LogP contribution in [0.5, 0.6) is 0 Å². The van der Waals surface area contributed by atoms with Crippen LogP contribution in [0.2, 0.25) is 10.0 Å². The number of carbonyl (C=O) groups excluding carboxylic acids is 1. The Morgan fingerprint density at radius 1 is 1.22 bits per heavy atom. The molecule has 0 saturated heterocycles. The van der Waals surface area contributed by atoms with E-state index >= 15 is 0 Å². The molecule has 1 atom stereocenters. The number of carbonyl (C=O) groups is 1. The molecule has 100 valence electrons. The van der Waals surface area contributed by atoms with Crippen molar-refractivity contribution in [2.75, 3.05) is 0 Å². The van der Waals surface area contributed by atoms with Crippen molar-refractivity contribution >= 4 is 29.0 Å². The zero-order chi connectivity index (χ0) is 13.9. The molecule has 0 aliphatic heterocycles. The second-order valence-electron chi connectivity index (χ2n) is 5.86. The Labute approximate surface area is 119 Å². The monoisotopic (exact) mass is 286 g/mol. The van der Waals surface area contributed by atoms with Crippen LogP contribution in [-0.4, -0.2) is 5.78 Å². The Bertz CT molecular complexity index is 433. The maximum absolute atomic E-state index is 12.4. The zero-order valence-corrected chi connectivity index (χ0v) is 12.9. The molecular weight excluding hydrogens is 267 g/mol. The zero-order valence-electron chi connectivity index (χ0n) is 11.4. The number of Topliss-reactive ketones (excluding diaryl/α,β-unsaturated/α-hetero) is 1. The Hall–Kier alpha value is -0.530. The Balaban J connectivity index is 2.93. The summed E-state index contributed by atoms with van der Waals surface area (Å²) in [6.45, 7) is 8.50. The highest BCUT2D eigenvalue weighted by molar-refractivity contribution is 6.42. The van der Waals surface area contributed by atoms with E-state index in [1.54, 1.807) is 18.2 Å². The number of benzene rings is 1. The van der Waals surface area contributed by atoms with E-state index in [-0.39, 0.29) is 17.1 Å². The van der Waals surface area contributed by atoms with Crippen molar-refractivity contribution in [3.05, 3.63) is 33.8 Å². The molecule has 1 nitrogen and oxygen atoms in total. The predicted octanol–water partition coefficient (Wildman–Crippen LogP) is 5.64. The highest BCUT2D eigenvalue weighted by Crippen LogP contribution is 2.30. The average molecular weight is 287 g/mol. The Kier molecular flexibility index (Phi) is 5.24. The fourth-order valence-electron chi connectivity index (χ4n) is 2.05. The van der Waals surface area contributed by atoms with Crippen LogP contribution in [0.25, 0.3) is 0 Å². The maximum atomic E-state index is 12.4. The Morgan fingerprint density at radius 2 is 1.83 bits per heavy atom. The van der Waals surface area contributed by atoms with Crippen LogP contribution in [0.4, 0.5) is 0 Å². The minimum atomic E-state index is 0.0437. The molecule has 0 aromatic heterocycles. The van der Waals surface area contributed by atoms with Gasteiger partial charge >= 0.3 is 0 Å². The number of hydrogen-bond acceptors (Lipinski definition) is 1. The van der Waals surface area contributed by atoms with Gasteiger partial charge in [-0.2, -0.15) is 0 Å². The summed E-state index contributed by atoms with van der Waals surface area (Å²) in [7, 11) is 0. The van der Waals surface area contributed by atoms with Crippen LogP contribution < -0.4 is 0 Å². The smallest absolute Gasteiger partial charge is 0.166 e. The lowest BCUT2D eigenvalue weighted by molar-refractivity contribution is 0.0879. The van der Waals surface area contributed by atoms with Gasteiger partial charge in [0.15, 0.2) is 5.78 Å². The SMILES string of the molecule is CCC(CC(C)(C)C)C(=O)c1ccc(Cl)c(Cl)c1. The summed E-state index contributed by atoms with van der Waals surface area (Å²) in [5.74, 6) is 0.202. The highest BCUT2D eigenvalue weighted by atomic mass is 35.5. The van der Waals surface area contributed by atoms with Crippen molar-refractivity contribution in [3.63, 3.8) is 0 Å². The molecule has 1 unspecified atom stereocenters. The second kappa shape index (κ2) is 6.08. The van der Waals surface area contributed by atoms with Crippen molar-refractivity contribution in [1.29, 1.82) is 0 Å². The normalized spacial score (nSPS) is 13.4. The van der Waals surface area contributed by atoms with E-state index in [1.807, 2.05) is 6.92 Å². The first-order valence-corrected chi connectivity index (χ1v) is 6.99. The van der Waals surface area contributed by atoms with Gasteiger partial charge in [-0.05, 0) is 36.5 Å². The van der Waals surface area contributed by atoms with Gasteiger partial charge in [-0.1, -0.05) is 50.9 Å². The highest BCUT2D eigenvalue weighted by Gasteiger charge is 2.24. The number of rotatable bonds is 4. The molecule has 0 spiro atoms. The van der Waals surface area contributed by atoms with Crippen molar-refractivity contribution in [2.24, 2.45) is 11.3 Å². The third-order valence-electron chi connectivity index (χ3n) is 2.93. The van der Waals surface area contributed by atoms with Crippen molar-refractivity contribution < 1.29 is 4.79 Å². The van der Waals surface area contributed by atoms with Crippen molar-refractivity contribution in [3.8, 4) is 0 Å². The molecule has 0 saturated carbocycles. The van der Waals surface area contributed by atoms with Crippen LogP contribution in [0.3, 0.4) is 0 Å². The first kappa shape index (κ1) is 15.5. The van der Waals surface area contributed by atoms with Gasteiger partial charge in [0.2, 0.25) is 0 Å². The van der Waals surface area contributed by atoms with E-state index < -0.39 is 0 Å². The summed E-state index contributed by atoms with van der Waals surface area (Å²) in [5, 5.41) is 0.921. The summed E-state index contributed by atoms with van der Waals surface area (Å²) >= 11 is 11.8. The Morgan fingerprint density at radius 3 is 2.28 bits per heavy atom. The van der Waals surface area contributed by atoms with Gasteiger partial charge in [-0.25, -0.2) is 0 Å². The molecule has 0 fully saturated rings. The third kappa shape index (κ3) is 4.29. The number of halogens is 2. The van der Waals surface area contributed by atoms with Crippen molar-refractivity contribution in [1.82, 2.24) is 0 Å². The molecule has 0 bridgehead atoms. The third-order valence-corrected chi connectivity index (χ3v) is 3.67. The van der Waals surface area contributed by atoms with Crippen LogP contribution in [0.15, 0.2) is 18.2 Å². The molecule has 18 heavy (non-hydrogen) atoms. The fourth-order valence-corrected chi connectivity index (χ4v) is 2.34. The molecular formula is C15H20Cl2O. The van der Waals surface area contributed by atoms with Gasteiger partial charge in [0, 0.05) is 11.5 Å². The van der Waals surface area contributed by atoms with Gasteiger partial charge in [0.05, 0.1) is 10.0 Å². The lowest BCUT2D eigenvalue weighted by atomic mass is 9.80. The summed E-state index contributed by atoms with van der Waals surface area (Å²) in [4.78, 5) is 12.4. The van der Waals surface area contributed by atoms with Gasteiger partial charge in [-0.15, -0.1) is 0 Å². The molecule has 3 heteroatoms. The van der Waals surface area contributed by atoms with Crippen LogP contribution >= 0.6 is 23.2 Å². The van der Waals surface area contributed by atoms with Crippen LogP contribution in [0, 0.1) is 11.3 Å². The predicted molar refractivity (Wildman–Crippen MR) is 78.6 cm³/mol. The molecule has 0 N–H and O–H groups in total. The molecule has 0 amide bonds. The van der Waals surface area contributed by atoms with Crippen LogP contribution in [-0.2, 0) is 0 Å². The molecule has 0 heterocycles. The van der Waals surface area contributed by atoms with Gasteiger partial charge in [0.1, 0.15) is 0 Å².